The minimum Gasteiger partial charge on any atom is -0.425 e. The Bertz CT molecular complexity index is 715. The van der Waals surface area contributed by atoms with Crippen LogP contribution in [0.15, 0.2) is 53.4 Å². The average Bonchev–Trinajstić information content (AvgIpc) is 2.98. The highest BCUT2D eigenvalue weighted by molar-refractivity contribution is 8.01. The fraction of sp³-hybridized carbons (Fsp3) is 0.222. The van der Waals surface area contributed by atoms with E-state index in [0.717, 1.165) is 6.42 Å². The average molecular weight is 327 g/mol. The third-order valence-electron chi connectivity index (χ3n) is 3.67. The van der Waals surface area contributed by atoms with Crippen molar-refractivity contribution in [2.24, 2.45) is 5.73 Å². The first-order valence-corrected chi connectivity index (χ1v) is 8.28. The molecule has 0 saturated carbocycles. The second-order valence-electron chi connectivity index (χ2n) is 5.52. The lowest BCUT2D eigenvalue weighted by atomic mass is 10.0. The van der Waals surface area contributed by atoms with Gasteiger partial charge in [-0.1, -0.05) is 18.2 Å². The normalized spacial score (nSPS) is 17.4. The van der Waals surface area contributed by atoms with Crippen LogP contribution in [-0.2, 0) is 11.2 Å². The fourth-order valence-corrected chi connectivity index (χ4v) is 3.68. The van der Waals surface area contributed by atoms with E-state index in [2.05, 4.69) is 6.07 Å². The molecule has 4 nitrogen and oxygen atoms in total. The number of hydrogen-bond donors (Lipinski definition) is 1. The van der Waals surface area contributed by atoms with Gasteiger partial charge < -0.3 is 10.5 Å². The van der Waals surface area contributed by atoms with Crippen LogP contribution in [-0.4, -0.2) is 23.0 Å². The van der Waals surface area contributed by atoms with E-state index < -0.39 is 12.0 Å². The van der Waals surface area contributed by atoms with Gasteiger partial charge in [0.1, 0.15) is 11.8 Å². The van der Waals surface area contributed by atoms with Crippen molar-refractivity contribution in [3.63, 3.8) is 0 Å². The SMILES string of the molecule is C[C@H](N)C(=O)Oc1ccc(C(=O)C2Cc3ccccc3S2)cc1. The Kier molecular flexibility index (Phi) is 4.50. The van der Waals surface area contributed by atoms with Crippen LogP contribution in [0.5, 0.6) is 5.75 Å². The second-order valence-corrected chi connectivity index (χ2v) is 6.76. The summed E-state index contributed by atoms with van der Waals surface area (Å²) in [6.07, 6.45) is 0.751. The lowest BCUT2D eigenvalue weighted by Crippen LogP contribution is -2.30. The van der Waals surface area contributed by atoms with E-state index in [1.807, 2.05) is 18.2 Å². The maximum Gasteiger partial charge on any atom is 0.328 e. The number of thioether (sulfide) groups is 1. The predicted octanol–water partition coefficient (Wildman–Crippen LogP) is 2.84. The summed E-state index contributed by atoms with van der Waals surface area (Å²) in [5, 5.41) is -0.0927. The van der Waals surface area contributed by atoms with Crippen LogP contribution in [0.3, 0.4) is 0 Å². The van der Waals surface area contributed by atoms with E-state index in [9.17, 15) is 9.59 Å². The van der Waals surface area contributed by atoms with Crippen molar-refractivity contribution in [1.82, 2.24) is 0 Å². The van der Waals surface area contributed by atoms with Crippen molar-refractivity contribution in [2.75, 3.05) is 0 Å². The van der Waals surface area contributed by atoms with Crippen LogP contribution in [0.2, 0.25) is 0 Å². The molecule has 0 radical (unpaired) electrons. The number of fused-ring (bicyclic) bond motifs is 1. The topological polar surface area (TPSA) is 69.4 Å². The molecule has 2 aromatic carbocycles. The van der Waals surface area contributed by atoms with E-state index in [1.165, 1.54) is 10.5 Å². The summed E-state index contributed by atoms with van der Waals surface area (Å²) in [6.45, 7) is 1.56. The fourth-order valence-electron chi connectivity index (χ4n) is 2.41. The van der Waals surface area contributed by atoms with Crippen LogP contribution in [0, 0.1) is 0 Å². The molecule has 0 saturated heterocycles. The zero-order chi connectivity index (χ0) is 16.4. The Morgan fingerprint density at radius 1 is 1.17 bits per heavy atom. The van der Waals surface area contributed by atoms with E-state index in [-0.39, 0.29) is 11.0 Å². The summed E-state index contributed by atoms with van der Waals surface area (Å²) in [5.74, 6) is -0.00615. The predicted molar refractivity (Wildman–Crippen MR) is 89.8 cm³/mol. The van der Waals surface area contributed by atoms with Crippen molar-refractivity contribution < 1.29 is 14.3 Å². The van der Waals surface area contributed by atoms with Gasteiger partial charge in [-0.15, -0.1) is 11.8 Å². The minimum absolute atomic E-state index is 0.0927. The number of hydrogen-bond acceptors (Lipinski definition) is 5. The zero-order valence-corrected chi connectivity index (χ0v) is 13.5. The monoisotopic (exact) mass is 327 g/mol. The molecule has 2 atom stereocenters. The highest BCUT2D eigenvalue weighted by atomic mass is 32.2. The first-order valence-electron chi connectivity index (χ1n) is 7.40. The van der Waals surface area contributed by atoms with Crippen molar-refractivity contribution in [1.29, 1.82) is 0 Å². The summed E-state index contributed by atoms with van der Waals surface area (Å²) in [5.41, 5.74) is 7.30. The van der Waals surface area contributed by atoms with Gasteiger partial charge in [0.15, 0.2) is 5.78 Å². The zero-order valence-electron chi connectivity index (χ0n) is 12.7. The Hall–Kier alpha value is -2.11. The van der Waals surface area contributed by atoms with Crippen molar-refractivity contribution >= 4 is 23.5 Å². The Balaban J connectivity index is 1.68. The summed E-state index contributed by atoms with van der Waals surface area (Å²) in [6, 6.07) is 14.0. The van der Waals surface area contributed by atoms with Gasteiger partial charge in [-0.05, 0) is 49.2 Å². The Morgan fingerprint density at radius 2 is 1.87 bits per heavy atom. The van der Waals surface area contributed by atoms with E-state index in [0.29, 0.717) is 11.3 Å². The van der Waals surface area contributed by atoms with Gasteiger partial charge in [0.05, 0.1) is 5.25 Å². The highest BCUT2D eigenvalue weighted by Gasteiger charge is 2.28. The maximum absolute atomic E-state index is 12.6. The number of rotatable bonds is 4. The van der Waals surface area contributed by atoms with Gasteiger partial charge in [0.2, 0.25) is 0 Å². The van der Waals surface area contributed by atoms with Crippen molar-refractivity contribution in [3.8, 4) is 5.75 Å². The third kappa shape index (κ3) is 3.46. The molecule has 5 heteroatoms. The standard InChI is InChI=1S/C18H17NO3S/c1-11(19)18(21)22-14-8-6-12(7-9-14)17(20)16-10-13-4-2-3-5-15(13)23-16/h2-9,11,16H,10,19H2,1H3/t11-,16?/m0/s1. The number of Topliss-reactive ketones (excluding diaryl/α,β-unsaturated/α-hetero) is 1. The van der Waals surface area contributed by atoms with Gasteiger partial charge >= 0.3 is 5.97 Å². The molecule has 3 rings (SSSR count). The van der Waals surface area contributed by atoms with E-state index >= 15 is 0 Å². The molecule has 0 spiro atoms. The van der Waals surface area contributed by atoms with E-state index in [1.54, 1.807) is 43.0 Å². The van der Waals surface area contributed by atoms with Crippen LogP contribution in [0.1, 0.15) is 22.8 Å². The smallest absolute Gasteiger partial charge is 0.328 e. The molecule has 1 aliphatic heterocycles. The number of ether oxygens (including phenoxy) is 1. The molecule has 1 heterocycles. The van der Waals surface area contributed by atoms with Gasteiger partial charge in [0.25, 0.3) is 0 Å². The highest BCUT2D eigenvalue weighted by Crippen LogP contribution is 2.38. The lowest BCUT2D eigenvalue weighted by molar-refractivity contribution is -0.135. The number of nitrogens with two attached hydrogens (primary N) is 1. The number of carbonyl (C=O) groups is 2. The summed E-state index contributed by atoms with van der Waals surface area (Å²) < 4.78 is 5.11. The largest absolute Gasteiger partial charge is 0.425 e. The Labute approximate surface area is 139 Å². The number of carbonyl (C=O) groups excluding carboxylic acids is 2. The molecule has 1 aliphatic rings. The minimum atomic E-state index is -0.676. The van der Waals surface area contributed by atoms with Crippen molar-refractivity contribution in [3.05, 3.63) is 59.7 Å². The molecule has 0 amide bonds. The number of benzene rings is 2. The van der Waals surface area contributed by atoms with Gasteiger partial charge in [0, 0.05) is 10.5 Å². The van der Waals surface area contributed by atoms with Gasteiger partial charge in [-0.2, -0.15) is 0 Å². The van der Waals surface area contributed by atoms with Crippen LogP contribution in [0.4, 0.5) is 0 Å². The molecule has 2 aromatic rings. The van der Waals surface area contributed by atoms with Crippen LogP contribution in [0.25, 0.3) is 0 Å². The molecule has 0 aromatic heterocycles. The molecule has 0 aliphatic carbocycles. The summed E-state index contributed by atoms with van der Waals surface area (Å²) >= 11 is 1.61. The number of ketones is 1. The van der Waals surface area contributed by atoms with Crippen LogP contribution >= 0.6 is 11.8 Å². The van der Waals surface area contributed by atoms with Gasteiger partial charge in [-0.25, -0.2) is 4.79 Å². The quantitative estimate of drug-likeness (QED) is 0.531. The second kappa shape index (κ2) is 6.56. The van der Waals surface area contributed by atoms with Gasteiger partial charge in [-0.3, -0.25) is 4.79 Å². The van der Waals surface area contributed by atoms with E-state index in [4.69, 9.17) is 10.5 Å². The summed E-state index contributed by atoms with van der Waals surface area (Å²) in [7, 11) is 0. The molecule has 0 fully saturated rings. The molecule has 2 N–H and O–H groups in total. The third-order valence-corrected chi connectivity index (χ3v) is 4.99. The first kappa shape index (κ1) is 15.8. The van der Waals surface area contributed by atoms with Crippen molar-refractivity contribution in [2.45, 2.75) is 29.5 Å². The van der Waals surface area contributed by atoms with Crippen LogP contribution < -0.4 is 10.5 Å². The molecule has 0 bridgehead atoms. The molecule has 118 valence electrons. The lowest BCUT2D eigenvalue weighted by Gasteiger charge is -2.09. The maximum atomic E-state index is 12.6. The number of esters is 1. The molecular formula is C18H17NO3S. The first-order chi connectivity index (χ1) is 11.0. The molecular weight excluding hydrogens is 310 g/mol. The molecule has 1 unspecified atom stereocenters. The Morgan fingerprint density at radius 3 is 2.52 bits per heavy atom. The summed E-state index contributed by atoms with van der Waals surface area (Å²) in [4.78, 5) is 25.2. The molecule has 23 heavy (non-hydrogen) atoms.